The van der Waals surface area contributed by atoms with Crippen molar-refractivity contribution in [2.24, 2.45) is 16.5 Å². The highest BCUT2D eigenvalue weighted by Crippen LogP contribution is 2.22. The van der Waals surface area contributed by atoms with E-state index in [-0.39, 0.29) is 17.1 Å². The highest BCUT2D eigenvalue weighted by atomic mass is 16.5. The number of guanidine groups is 1. The molecule has 3 rings (SSSR count). The van der Waals surface area contributed by atoms with E-state index in [1.54, 1.807) is 43.5 Å². The summed E-state index contributed by atoms with van der Waals surface area (Å²) in [5, 5.41) is 0.902. The van der Waals surface area contributed by atoms with Gasteiger partial charge in [-0.1, -0.05) is 23.8 Å². The predicted molar refractivity (Wildman–Crippen MR) is 101 cm³/mol. The zero-order valence-corrected chi connectivity index (χ0v) is 14.4. The third-order valence-corrected chi connectivity index (χ3v) is 3.97. The smallest absolute Gasteiger partial charge is 0.282 e. The van der Waals surface area contributed by atoms with E-state index in [4.69, 9.17) is 16.2 Å². The SMILES string of the molecule is COc1cccc(-n2cc(C(=O)N=C(N)N)c3cc(C)ccc3c2=O)c1. The van der Waals surface area contributed by atoms with Gasteiger partial charge in [0, 0.05) is 23.0 Å². The Morgan fingerprint density at radius 2 is 1.88 bits per heavy atom. The third-order valence-electron chi connectivity index (χ3n) is 3.97. The van der Waals surface area contributed by atoms with E-state index in [0.717, 1.165) is 5.56 Å². The van der Waals surface area contributed by atoms with Crippen molar-refractivity contribution in [3.63, 3.8) is 0 Å². The quantitative estimate of drug-likeness (QED) is 0.552. The molecule has 132 valence electrons. The monoisotopic (exact) mass is 350 g/mol. The molecule has 1 amide bonds. The number of aromatic nitrogens is 1. The first-order valence-electron chi connectivity index (χ1n) is 7.85. The summed E-state index contributed by atoms with van der Waals surface area (Å²) in [6.07, 6.45) is 1.45. The van der Waals surface area contributed by atoms with Crippen LogP contribution in [0.2, 0.25) is 0 Å². The zero-order chi connectivity index (χ0) is 18.8. The molecule has 7 nitrogen and oxygen atoms in total. The molecule has 4 N–H and O–H groups in total. The van der Waals surface area contributed by atoms with Crippen molar-refractivity contribution in [3.8, 4) is 11.4 Å². The lowest BCUT2D eigenvalue weighted by Gasteiger charge is -2.12. The fourth-order valence-corrected chi connectivity index (χ4v) is 2.75. The predicted octanol–water partition coefficient (Wildman–Crippen LogP) is 1.72. The van der Waals surface area contributed by atoms with Gasteiger partial charge < -0.3 is 16.2 Å². The van der Waals surface area contributed by atoms with E-state index in [9.17, 15) is 9.59 Å². The summed E-state index contributed by atoms with van der Waals surface area (Å²) in [6, 6.07) is 12.3. The number of fused-ring (bicyclic) bond motifs is 1. The molecule has 2 aromatic carbocycles. The summed E-state index contributed by atoms with van der Waals surface area (Å²) in [6.45, 7) is 1.88. The molecule has 0 aliphatic heterocycles. The minimum atomic E-state index is -0.614. The highest BCUT2D eigenvalue weighted by molar-refractivity contribution is 6.10. The van der Waals surface area contributed by atoms with Gasteiger partial charge in [-0.25, -0.2) is 0 Å². The van der Waals surface area contributed by atoms with E-state index in [0.29, 0.717) is 22.2 Å². The van der Waals surface area contributed by atoms with Crippen molar-refractivity contribution in [1.82, 2.24) is 4.57 Å². The average molecular weight is 350 g/mol. The van der Waals surface area contributed by atoms with Gasteiger partial charge in [-0.05, 0) is 25.1 Å². The summed E-state index contributed by atoms with van der Waals surface area (Å²) in [4.78, 5) is 29.1. The Balaban J connectivity index is 2.36. The molecule has 26 heavy (non-hydrogen) atoms. The summed E-state index contributed by atoms with van der Waals surface area (Å²) < 4.78 is 6.60. The molecule has 0 fully saturated rings. The van der Waals surface area contributed by atoms with Crippen molar-refractivity contribution >= 4 is 22.6 Å². The maximum Gasteiger partial charge on any atom is 0.282 e. The van der Waals surface area contributed by atoms with Crippen LogP contribution in [-0.4, -0.2) is 23.5 Å². The summed E-state index contributed by atoms with van der Waals surface area (Å²) in [5.41, 5.74) is 12.1. The van der Waals surface area contributed by atoms with E-state index >= 15 is 0 Å². The number of nitrogens with zero attached hydrogens (tertiary/aromatic N) is 2. The number of pyridine rings is 1. The fraction of sp³-hybridized carbons (Fsp3) is 0.105. The normalized spacial score (nSPS) is 10.5. The van der Waals surface area contributed by atoms with Crippen LogP contribution < -0.4 is 21.8 Å². The van der Waals surface area contributed by atoms with Crippen LogP contribution in [0.15, 0.2) is 58.4 Å². The first-order valence-corrected chi connectivity index (χ1v) is 7.85. The number of rotatable bonds is 3. The maximum atomic E-state index is 13.0. The average Bonchev–Trinajstić information content (AvgIpc) is 2.61. The molecule has 0 spiro atoms. The Kier molecular flexibility index (Phi) is 4.45. The van der Waals surface area contributed by atoms with Crippen molar-refractivity contribution < 1.29 is 9.53 Å². The van der Waals surface area contributed by atoms with Crippen LogP contribution >= 0.6 is 0 Å². The first kappa shape index (κ1) is 17.2. The number of aryl methyl sites for hydroxylation is 1. The van der Waals surface area contributed by atoms with E-state index in [1.165, 1.54) is 10.8 Å². The number of nitrogens with two attached hydrogens (primary N) is 2. The lowest BCUT2D eigenvalue weighted by atomic mass is 10.0. The maximum absolute atomic E-state index is 13.0. The summed E-state index contributed by atoms with van der Waals surface area (Å²) in [7, 11) is 1.54. The molecule has 0 radical (unpaired) electrons. The molecule has 0 saturated carbocycles. The second-order valence-corrected chi connectivity index (χ2v) is 5.81. The summed E-state index contributed by atoms with van der Waals surface area (Å²) >= 11 is 0. The van der Waals surface area contributed by atoms with Crippen LogP contribution in [-0.2, 0) is 0 Å². The standard InChI is InChI=1S/C19H18N4O3/c1-11-6-7-14-15(8-11)16(17(24)22-19(20)21)10-23(18(14)25)12-4-3-5-13(9-12)26-2/h3-10H,1-2H3,(H4,20,21,22,24). The number of hydrogen-bond donors (Lipinski definition) is 2. The van der Waals surface area contributed by atoms with E-state index < -0.39 is 5.91 Å². The highest BCUT2D eigenvalue weighted by Gasteiger charge is 2.16. The van der Waals surface area contributed by atoms with Crippen molar-refractivity contribution in [1.29, 1.82) is 0 Å². The number of methoxy groups -OCH3 is 1. The lowest BCUT2D eigenvalue weighted by molar-refractivity contribution is 0.100. The molecule has 7 heteroatoms. The van der Waals surface area contributed by atoms with Gasteiger partial charge in [0.1, 0.15) is 5.75 Å². The third kappa shape index (κ3) is 3.14. The molecule has 0 unspecified atom stereocenters. The van der Waals surface area contributed by atoms with E-state index in [2.05, 4.69) is 4.99 Å². The van der Waals surface area contributed by atoms with Gasteiger partial charge in [-0.3, -0.25) is 14.2 Å². The van der Waals surface area contributed by atoms with Crippen molar-refractivity contribution in [3.05, 3.63) is 70.1 Å². The van der Waals surface area contributed by atoms with Crippen LogP contribution in [0.1, 0.15) is 15.9 Å². The topological polar surface area (TPSA) is 113 Å². The number of ether oxygens (including phenoxy) is 1. The van der Waals surface area contributed by atoms with Gasteiger partial charge in [0.2, 0.25) is 0 Å². The van der Waals surface area contributed by atoms with Gasteiger partial charge in [0.05, 0.1) is 18.4 Å². The van der Waals surface area contributed by atoms with E-state index in [1.807, 2.05) is 13.0 Å². The number of benzene rings is 2. The number of carbonyl (C=O) groups excluding carboxylic acids is 1. The largest absolute Gasteiger partial charge is 0.497 e. The fourth-order valence-electron chi connectivity index (χ4n) is 2.75. The van der Waals surface area contributed by atoms with Crippen LogP contribution in [0, 0.1) is 6.92 Å². The molecule has 0 saturated heterocycles. The minimum Gasteiger partial charge on any atom is -0.497 e. The Morgan fingerprint density at radius 3 is 2.58 bits per heavy atom. The Morgan fingerprint density at radius 1 is 1.12 bits per heavy atom. The molecule has 0 bridgehead atoms. The second-order valence-electron chi connectivity index (χ2n) is 5.81. The Labute approximate surface area is 149 Å². The Hall–Kier alpha value is -3.61. The molecular formula is C19H18N4O3. The number of hydrogen-bond acceptors (Lipinski definition) is 3. The molecule has 0 atom stereocenters. The first-order chi connectivity index (χ1) is 12.4. The van der Waals surface area contributed by atoms with Crippen LogP contribution in [0.25, 0.3) is 16.5 Å². The van der Waals surface area contributed by atoms with Gasteiger partial charge in [-0.15, -0.1) is 0 Å². The van der Waals surface area contributed by atoms with Crippen LogP contribution in [0.4, 0.5) is 0 Å². The van der Waals surface area contributed by atoms with Gasteiger partial charge in [-0.2, -0.15) is 4.99 Å². The molecular weight excluding hydrogens is 332 g/mol. The molecule has 1 heterocycles. The number of carbonyl (C=O) groups is 1. The minimum absolute atomic E-state index is 0.236. The number of aliphatic imine (C=N–C) groups is 1. The van der Waals surface area contributed by atoms with Gasteiger partial charge >= 0.3 is 0 Å². The van der Waals surface area contributed by atoms with Crippen molar-refractivity contribution in [2.45, 2.75) is 6.92 Å². The van der Waals surface area contributed by atoms with Crippen LogP contribution in [0.3, 0.4) is 0 Å². The number of amides is 1. The Bertz CT molecular complexity index is 1100. The second kappa shape index (κ2) is 6.72. The zero-order valence-electron chi connectivity index (χ0n) is 14.4. The molecule has 3 aromatic rings. The molecule has 0 aliphatic carbocycles. The lowest BCUT2D eigenvalue weighted by Crippen LogP contribution is -2.25. The van der Waals surface area contributed by atoms with Gasteiger partial charge in [0.25, 0.3) is 11.5 Å². The van der Waals surface area contributed by atoms with Crippen molar-refractivity contribution in [2.75, 3.05) is 7.11 Å². The molecule has 0 aliphatic rings. The molecule has 1 aromatic heterocycles. The summed E-state index contributed by atoms with van der Waals surface area (Å²) in [5.74, 6) is -0.359. The van der Waals surface area contributed by atoms with Crippen LogP contribution in [0.5, 0.6) is 5.75 Å². The van der Waals surface area contributed by atoms with Gasteiger partial charge in [0.15, 0.2) is 5.96 Å².